The van der Waals surface area contributed by atoms with Crippen molar-refractivity contribution in [1.82, 2.24) is 5.32 Å². The summed E-state index contributed by atoms with van der Waals surface area (Å²) in [5.41, 5.74) is 2.78. The van der Waals surface area contributed by atoms with E-state index in [1.165, 1.54) is 0 Å². The maximum atomic E-state index is 11.5. The molecule has 2 rings (SSSR count). The molecule has 1 aliphatic carbocycles. The lowest BCUT2D eigenvalue weighted by Gasteiger charge is -2.08. The van der Waals surface area contributed by atoms with E-state index in [9.17, 15) is 4.79 Å². The van der Waals surface area contributed by atoms with Crippen molar-refractivity contribution in [2.75, 3.05) is 13.2 Å². The Balaban J connectivity index is 1.87. The largest absolute Gasteiger partial charge is 0.484 e. The summed E-state index contributed by atoms with van der Waals surface area (Å²) < 4.78 is 5.48. The molecule has 0 heterocycles. The second-order valence-corrected chi connectivity index (χ2v) is 4.86. The van der Waals surface area contributed by atoms with Crippen LogP contribution in [0.5, 0.6) is 5.75 Å². The number of carbonyl (C=O) groups excluding carboxylic acids is 1. The number of hydrogen-bond acceptors (Lipinski definition) is 4. The van der Waals surface area contributed by atoms with Gasteiger partial charge in [-0.25, -0.2) is 0 Å². The summed E-state index contributed by atoms with van der Waals surface area (Å²) in [6, 6.07) is 5.59. The average Bonchev–Trinajstić information content (AvgIpc) is 2.87. The van der Waals surface area contributed by atoms with Crippen LogP contribution in [0.1, 0.15) is 37.3 Å². The van der Waals surface area contributed by atoms with Crippen LogP contribution in [0, 0.1) is 0 Å². The van der Waals surface area contributed by atoms with Gasteiger partial charge in [0.15, 0.2) is 6.61 Å². The van der Waals surface area contributed by atoms with Crippen molar-refractivity contribution in [3.63, 3.8) is 0 Å². The Labute approximate surface area is 118 Å². The first kappa shape index (κ1) is 14.4. The second kappa shape index (κ2) is 6.93. The van der Waals surface area contributed by atoms with Gasteiger partial charge in [0.05, 0.1) is 5.71 Å². The summed E-state index contributed by atoms with van der Waals surface area (Å²) in [7, 11) is 0. The summed E-state index contributed by atoms with van der Waals surface area (Å²) in [5, 5.41) is 15.0. The molecular weight excluding hydrogens is 256 g/mol. The number of rotatable bonds is 6. The first-order chi connectivity index (χ1) is 9.74. The molecule has 1 aromatic carbocycles. The van der Waals surface area contributed by atoms with E-state index < -0.39 is 0 Å². The van der Waals surface area contributed by atoms with Crippen molar-refractivity contribution in [2.24, 2.45) is 5.16 Å². The summed E-state index contributed by atoms with van der Waals surface area (Å²) in [6.45, 7) is 2.81. The fourth-order valence-electron chi connectivity index (χ4n) is 2.24. The lowest BCUT2D eigenvalue weighted by molar-refractivity contribution is -0.123. The molecule has 0 atom stereocenters. The van der Waals surface area contributed by atoms with Crippen LogP contribution in [0.4, 0.5) is 0 Å². The molecule has 0 saturated heterocycles. The SMILES string of the molecule is CCCCNC(=O)COc1ccc2c(c1)CC/C2=N\O. The number of unbranched alkanes of at least 4 members (excludes halogenated alkanes) is 1. The van der Waals surface area contributed by atoms with Gasteiger partial charge in [-0.2, -0.15) is 0 Å². The molecule has 0 aromatic heterocycles. The number of fused-ring (bicyclic) bond motifs is 1. The minimum absolute atomic E-state index is 0.0312. The third-order valence-corrected chi connectivity index (χ3v) is 3.36. The van der Waals surface area contributed by atoms with E-state index in [0.717, 1.165) is 36.8 Å². The fraction of sp³-hybridized carbons (Fsp3) is 0.467. The zero-order valence-electron chi connectivity index (χ0n) is 11.7. The van der Waals surface area contributed by atoms with Gasteiger partial charge in [0.2, 0.25) is 0 Å². The molecule has 1 amide bonds. The number of amides is 1. The van der Waals surface area contributed by atoms with Gasteiger partial charge in [0.25, 0.3) is 5.91 Å². The van der Waals surface area contributed by atoms with Gasteiger partial charge < -0.3 is 15.3 Å². The molecule has 1 aromatic rings. The van der Waals surface area contributed by atoms with Gasteiger partial charge in [-0.05, 0) is 43.0 Å². The van der Waals surface area contributed by atoms with Gasteiger partial charge in [-0.3, -0.25) is 4.79 Å². The predicted molar refractivity (Wildman–Crippen MR) is 76.5 cm³/mol. The van der Waals surface area contributed by atoms with Crippen LogP contribution in [0.15, 0.2) is 23.4 Å². The molecule has 0 saturated carbocycles. The summed E-state index contributed by atoms with van der Waals surface area (Å²) >= 11 is 0. The van der Waals surface area contributed by atoms with Crippen LogP contribution in [-0.4, -0.2) is 30.0 Å². The molecule has 20 heavy (non-hydrogen) atoms. The third kappa shape index (κ3) is 3.50. The van der Waals surface area contributed by atoms with Crippen LogP contribution in [0.3, 0.4) is 0 Å². The smallest absolute Gasteiger partial charge is 0.257 e. The highest BCUT2D eigenvalue weighted by Crippen LogP contribution is 2.26. The Hall–Kier alpha value is -2.04. The average molecular weight is 276 g/mol. The van der Waals surface area contributed by atoms with Crippen molar-refractivity contribution >= 4 is 11.6 Å². The van der Waals surface area contributed by atoms with E-state index in [1.54, 1.807) is 6.07 Å². The quantitative estimate of drug-likeness (QED) is 0.475. The number of hydrogen-bond donors (Lipinski definition) is 2. The van der Waals surface area contributed by atoms with Gasteiger partial charge in [0.1, 0.15) is 5.75 Å². The van der Waals surface area contributed by atoms with Crippen LogP contribution in [-0.2, 0) is 11.2 Å². The van der Waals surface area contributed by atoms with E-state index in [2.05, 4.69) is 17.4 Å². The highest BCUT2D eigenvalue weighted by Gasteiger charge is 2.18. The number of nitrogens with one attached hydrogen (secondary N) is 1. The topological polar surface area (TPSA) is 70.9 Å². The maximum Gasteiger partial charge on any atom is 0.257 e. The molecule has 0 spiro atoms. The Kier molecular flexibility index (Phi) is 4.98. The Morgan fingerprint density at radius 1 is 1.45 bits per heavy atom. The minimum Gasteiger partial charge on any atom is -0.484 e. The maximum absolute atomic E-state index is 11.5. The first-order valence-electron chi connectivity index (χ1n) is 6.98. The van der Waals surface area contributed by atoms with Crippen LogP contribution >= 0.6 is 0 Å². The van der Waals surface area contributed by atoms with E-state index in [4.69, 9.17) is 9.94 Å². The molecule has 5 heteroatoms. The lowest BCUT2D eigenvalue weighted by Crippen LogP contribution is -2.29. The highest BCUT2D eigenvalue weighted by atomic mass is 16.5. The first-order valence-corrected chi connectivity index (χ1v) is 6.98. The number of carbonyl (C=O) groups is 1. The zero-order valence-corrected chi connectivity index (χ0v) is 11.7. The molecule has 0 unspecified atom stereocenters. The standard InChI is InChI=1S/C15H20N2O3/c1-2-3-8-16-15(18)10-20-12-5-6-13-11(9-12)4-7-14(13)17-19/h5-6,9,19H,2-4,7-8,10H2,1H3,(H,16,18)/b17-14+. The molecule has 0 aliphatic heterocycles. The summed E-state index contributed by atoms with van der Waals surface area (Å²) in [4.78, 5) is 11.5. The van der Waals surface area contributed by atoms with E-state index in [0.29, 0.717) is 18.0 Å². The normalized spacial score (nSPS) is 15.2. The molecule has 108 valence electrons. The van der Waals surface area contributed by atoms with Crippen molar-refractivity contribution in [1.29, 1.82) is 0 Å². The lowest BCUT2D eigenvalue weighted by atomic mass is 10.1. The van der Waals surface area contributed by atoms with E-state index in [-0.39, 0.29) is 12.5 Å². The molecule has 5 nitrogen and oxygen atoms in total. The van der Waals surface area contributed by atoms with Gasteiger partial charge in [-0.1, -0.05) is 18.5 Å². The van der Waals surface area contributed by atoms with Gasteiger partial charge >= 0.3 is 0 Å². The molecule has 0 bridgehead atoms. The van der Waals surface area contributed by atoms with Crippen LogP contribution < -0.4 is 10.1 Å². The van der Waals surface area contributed by atoms with Gasteiger partial charge in [0, 0.05) is 12.1 Å². The van der Waals surface area contributed by atoms with Crippen molar-refractivity contribution in [2.45, 2.75) is 32.6 Å². The molecule has 0 fully saturated rings. The van der Waals surface area contributed by atoms with E-state index >= 15 is 0 Å². The highest BCUT2D eigenvalue weighted by molar-refractivity contribution is 6.04. The zero-order chi connectivity index (χ0) is 14.4. The number of oxime groups is 1. The number of ether oxygens (including phenoxy) is 1. The Bertz CT molecular complexity index is 512. The van der Waals surface area contributed by atoms with Gasteiger partial charge in [-0.15, -0.1) is 0 Å². The number of benzene rings is 1. The predicted octanol–water partition coefficient (Wildman–Crippen LogP) is 2.11. The van der Waals surface area contributed by atoms with Crippen molar-refractivity contribution in [3.05, 3.63) is 29.3 Å². The molecule has 2 N–H and O–H groups in total. The van der Waals surface area contributed by atoms with Crippen molar-refractivity contribution in [3.8, 4) is 5.75 Å². The number of aryl methyl sites for hydroxylation is 1. The minimum atomic E-state index is -0.100. The Morgan fingerprint density at radius 3 is 3.05 bits per heavy atom. The van der Waals surface area contributed by atoms with Crippen LogP contribution in [0.2, 0.25) is 0 Å². The number of nitrogens with zero attached hydrogens (tertiary/aromatic N) is 1. The van der Waals surface area contributed by atoms with E-state index in [1.807, 2.05) is 12.1 Å². The second-order valence-electron chi connectivity index (χ2n) is 4.86. The third-order valence-electron chi connectivity index (χ3n) is 3.36. The van der Waals surface area contributed by atoms with Crippen LogP contribution in [0.25, 0.3) is 0 Å². The molecule has 1 aliphatic rings. The fourth-order valence-corrected chi connectivity index (χ4v) is 2.24. The summed E-state index contributed by atoms with van der Waals surface area (Å²) in [5.74, 6) is 0.574. The summed E-state index contributed by atoms with van der Waals surface area (Å²) in [6.07, 6.45) is 3.62. The molecule has 0 radical (unpaired) electrons. The monoisotopic (exact) mass is 276 g/mol. The van der Waals surface area contributed by atoms with Crippen molar-refractivity contribution < 1.29 is 14.7 Å². The Morgan fingerprint density at radius 2 is 2.30 bits per heavy atom. The molecular formula is C15H20N2O3.